The van der Waals surface area contributed by atoms with Gasteiger partial charge in [-0.1, -0.05) is 20.8 Å². The van der Waals surface area contributed by atoms with E-state index in [9.17, 15) is 4.79 Å². The summed E-state index contributed by atoms with van der Waals surface area (Å²) < 4.78 is 0. The van der Waals surface area contributed by atoms with Gasteiger partial charge in [-0.25, -0.2) is 0 Å². The first-order chi connectivity index (χ1) is 8.53. The Kier molecular flexibility index (Phi) is 6.50. The first-order valence-corrected chi connectivity index (χ1v) is 8.28. The van der Waals surface area contributed by atoms with Crippen molar-refractivity contribution in [3.8, 4) is 0 Å². The van der Waals surface area contributed by atoms with E-state index < -0.39 is 0 Å². The fourth-order valence-electron chi connectivity index (χ4n) is 2.50. The minimum atomic E-state index is -0.188. The van der Waals surface area contributed by atoms with E-state index in [4.69, 9.17) is 0 Å². The molecule has 106 valence electrons. The van der Waals surface area contributed by atoms with Crippen molar-refractivity contribution < 1.29 is 4.79 Å². The minimum absolute atomic E-state index is 0.188. The molecule has 1 saturated heterocycles. The van der Waals surface area contributed by atoms with E-state index >= 15 is 0 Å². The Labute approximate surface area is 116 Å². The number of rotatable bonds is 7. The lowest BCUT2D eigenvalue weighted by Gasteiger charge is -2.32. The highest BCUT2D eigenvalue weighted by molar-refractivity contribution is 7.99. The van der Waals surface area contributed by atoms with Gasteiger partial charge in [0, 0.05) is 12.6 Å². The van der Waals surface area contributed by atoms with E-state index in [1.807, 2.05) is 11.8 Å². The van der Waals surface area contributed by atoms with Gasteiger partial charge in [0.1, 0.15) is 0 Å². The molecule has 1 fully saturated rings. The Hall–Kier alpha value is -0.220. The predicted octanol–water partition coefficient (Wildman–Crippen LogP) is 2.27. The van der Waals surface area contributed by atoms with Crippen LogP contribution in [0.4, 0.5) is 0 Å². The third-order valence-electron chi connectivity index (χ3n) is 4.02. The van der Waals surface area contributed by atoms with Crippen LogP contribution in [0.15, 0.2) is 0 Å². The third-order valence-corrected chi connectivity index (χ3v) is 4.96. The number of hydrogen-bond donors (Lipinski definition) is 2. The molecule has 2 unspecified atom stereocenters. The number of carbonyl (C=O) groups is 1. The number of hydrogen-bond acceptors (Lipinski definition) is 3. The lowest BCUT2D eigenvalue weighted by molar-refractivity contribution is -0.133. The number of carbonyl (C=O) groups excluding carboxylic acids is 1. The van der Waals surface area contributed by atoms with Crippen LogP contribution in [-0.4, -0.2) is 36.5 Å². The molecule has 0 saturated carbocycles. The van der Waals surface area contributed by atoms with Crippen molar-refractivity contribution in [1.82, 2.24) is 10.6 Å². The third kappa shape index (κ3) is 3.89. The second kappa shape index (κ2) is 7.39. The van der Waals surface area contributed by atoms with Crippen LogP contribution >= 0.6 is 11.8 Å². The second-order valence-electron chi connectivity index (χ2n) is 5.60. The van der Waals surface area contributed by atoms with Crippen LogP contribution in [0.2, 0.25) is 0 Å². The average molecular weight is 272 g/mol. The van der Waals surface area contributed by atoms with Crippen molar-refractivity contribution in [2.75, 3.05) is 24.6 Å². The van der Waals surface area contributed by atoms with Crippen LogP contribution in [0.1, 0.15) is 40.5 Å². The first kappa shape index (κ1) is 15.8. The van der Waals surface area contributed by atoms with Crippen LogP contribution in [-0.2, 0) is 4.79 Å². The molecule has 4 heteroatoms. The summed E-state index contributed by atoms with van der Waals surface area (Å²) >= 11 is 1.94. The molecule has 0 aromatic heterocycles. The summed E-state index contributed by atoms with van der Waals surface area (Å²) in [4.78, 5) is 12.5. The van der Waals surface area contributed by atoms with Gasteiger partial charge in [0.05, 0.1) is 5.41 Å². The highest BCUT2D eigenvalue weighted by Gasteiger charge is 2.43. The molecule has 1 aliphatic heterocycles. The van der Waals surface area contributed by atoms with Crippen LogP contribution in [0.25, 0.3) is 0 Å². The number of nitrogens with one attached hydrogen (secondary N) is 2. The summed E-state index contributed by atoms with van der Waals surface area (Å²) in [5, 5.41) is 6.55. The van der Waals surface area contributed by atoms with Crippen LogP contribution in [0, 0.1) is 11.3 Å². The summed E-state index contributed by atoms with van der Waals surface area (Å²) in [6.45, 7) is 10.4. The van der Waals surface area contributed by atoms with E-state index in [-0.39, 0.29) is 17.4 Å². The Morgan fingerprint density at radius 1 is 1.44 bits per heavy atom. The van der Waals surface area contributed by atoms with E-state index in [1.165, 1.54) is 0 Å². The summed E-state index contributed by atoms with van der Waals surface area (Å²) in [5.41, 5.74) is -0.188. The van der Waals surface area contributed by atoms with E-state index in [2.05, 4.69) is 38.3 Å². The van der Waals surface area contributed by atoms with Gasteiger partial charge in [-0.05, 0) is 43.7 Å². The number of thioether (sulfide) groups is 1. The van der Waals surface area contributed by atoms with Crippen molar-refractivity contribution in [1.29, 1.82) is 0 Å². The summed E-state index contributed by atoms with van der Waals surface area (Å²) in [6.07, 6.45) is 2.03. The molecule has 0 aromatic rings. The molecular weight excluding hydrogens is 244 g/mol. The van der Waals surface area contributed by atoms with Gasteiger partial charge in [-0.3, -0.25) is 4.79 Å². The maximum absolute atomic E-state index is 12.5. The summed E-state index contributed by atoms with van der Waals surface area (Å²) in [5.74, 6) is 2.92. The van der Waals surface area contributed by atoms with Gasteiger partial charge in [-0.15, -0.1) is 0 Å². The molecule has 1 heterocycles. The Balaban J connectivity index is 2.47. The lowest BCUT2D eigenvalue weighted by atomic mass is 9.75. The fourth-order valence-corrected chi connectivity index (χ4v) is 3.31. The Morgan fingerprint density at radius 2 is 2.17 bits per heavy atom. The topological polar surface area (TPSA) is 41.1 Å². The molecule has 0 radical (unpaired) electrons. The SMILES string of the molecule is CCSCCC(C)NC(=O)C1(C(C)C)CCNC1. The standard InChI is InChI=1S/C14H28N2OS/c1-5-18-9-6-12(4)16-13(17)14(11(2)3)7-8-15-10-14/h11-12,15H,5-10H2,1-4H3,(H,16,17). The summed E-state index contributed by atoms with van der Waals surface area (Å²) in [6, 6.07) is 0.285. The second-order valence-corrected chi connectivity index (χ2v) is 6.99. The summed E-state index contributed by atoms with van der Waals surface area (Å²) in [7, 11) is 0. The van der Waals surface area contributed by atoms with Crippen molar-refractivity contribution in [3.63, 3.8) is 0 Å². The number of amides is 1. The molecule has 3 nitrogen and oxygen atoms in total. The highest BCUT2D eigenvalue weighted by atomic mass is 32.2. The zero-order valence-corrected chi connectivity index (χ0v) is 13.0. The molecule has 1 rings (SSSR count). The fraction of sp³-hybridized carbons (Fsp3) is 0.929. The van der Waals surface area contributed by atoms with Crippen molar-refractivity contribution in [3.05, 3.63) is 0 Å². The van der Waals surface area contributed by atoms with E-state index in [1.54, 1.807) is 0 Å². The van der Waals surface area contributed by atoms with Gasteiger partial charge in [0.25, 0.3) is 0 Å². The molecule has 2 atom stereocenters. The van der Waals surface area contributed by atoms with E-state index in [0.29, 0.717) is 5.92 Å². The van der Waals surface area contributed by atoms with Gasteiger partial charge in [0.15, 0.2) is 0 Å². The Bertz CT molecular complexity index is 263. The van der Waals surface area contributed by atoms with Gasteiger partial charge in [-0.2, -0.15) is 11.8 Å². The molecular formula is C14H28N2OS. The van der Waals surface area contributed by atoms with Crippen LogP contribution in [0.3, 0.4) is 0 Å². The molecule has 0 bridgehead atoms. The molecule has 1 amide bonds. The average Bonchev–Trinajstić information content (AvgIpc) is 2.79. The first-order valence-electron chi connectivity index (χ1n) is 7.12. The van der Waals surface area contributed by atoms with E-state index in [0.717, 1.165) is 37.4 Å². The predicted molar refractivity (Wildman–Crippen MR) is 80.0 cm³/mol. The van der Waals surface area contributed by atoms with Crippen LogP contribution in [0.5, 0.6) is 0 Å². The molecule has 0 aliphatic carbocycles. The Morgan fingerprint density at radius 3 is 2.67 bits per heavy atom. The van der Waals surface area contributed by atoms with Gasteiger partial charge < -0.3 is 10.6 Å². The van der Waals surface area contributed by atoms with Crippen molar-refractivity contribution in [2.45, 2.75) is 46.6 Å². The monoisotopic (exact) mass is 272 g/mol. The normalized spacial score (nSPS) is 25.4. The van der Waals surface area contributed by atoms with Crippen molar-refractivity contribution in [2.24, 2.45) is 11.3 Å². The van der Waals surface area contributed by atoms with Crippen molar-refractivity contribution >= 4 is 17.7 Å². The lowest BCUT2D eigenvalue weighted by Crippen LogP contribution is -2.48. The quantitative estimate of drug-likeness (QED) is 0.699. The maximum atomic E-state index is 12.5. The largest absolute Gasteiger partial charge is 0.353 e. The smallest absolute Gasteiger partial charge is 0.228 e. The molecule has 0 aromatic carbocycles. The zero-order chi connectivity index (χ0) is 13.6. The van der Waals surface area contributed by atoms with Crippen LogP contribution < -0.4 is 10.6 Å². The zero-order valence-electron chi connectivity index (χ0n) is 12.2. The van der Waals surface area contributed by atoms with Gasteiger partial charge >= 0.3 is 0 Å². The molecule has 0 spiro atoms. The maximum Gasteiger partial charge on any atom is 0.228 e. The van der Waals surface area contributed by atoms with Gasteiger partial charge in [0.2, 0.25) is 5.91 Å². The highest BCUT2D eigenvalue weighted by Crippen LogP contribution is 2.34. The minimum Gasteiger partial charge on any atom is -0.353 e. The molecule has 1 aliphatic rings. The molecule has 2 N–H and O–H groups in total. The molecule has 18 heavy (non-hydrogen) atoms.